The molecule has 0 aliphatic carbocycles. The molecule has 1 aliphatic heterocycles. The summed E-state index contributed by atoms with van der Waals surface area (Å²) in [6.07, 6.45) is 2.00. The minimum atomic E-state index is -0.628. The molecule has 0 spiro atoms. The third-order valence-electron chi connectivity index (χ3n) is 6.24. The summed E-state index contributed by atoms with van der Waals surface area (Å²) in [5.74, 6) is -2.01. The lowest BCUT2D eigenvalue weighted by atomic mass is 10.0. The topological polar surface area (TPSA) is 61.4 Å². The zero-order valence-electron chi connectivity index (χ0n) is 19.3. The largest absolute Gasteiger partial charge is 0.350 e. The molecule has 35 heavy (non-hydrogen) atoms. The molecule has 0 saturated carbocycles. The Balaban J connectivity index is 1.51. The Morgan fingerprint density at radius 2 is 1.69 bits per heavy atom. The summed E-state index contributed by atoms with van der Waals surface area (Å²) in [5.41, 5.74) is 1.73. The zero-order valence-corrected chi connectivity index (χ0v) is 20.0. The number of anilines is 1. The number of nitrogens with zero attached hydrogens (tertiary/aromatic N) is 1. The lowest BCUT2D eigenvalue weighted by Gasteiger charge is -2.29. The second-order valence-corrected chi connectivity index (χ2v) is 8.98. The van der Waals surface area contributed by atoms with Crippen LogP contribution in [0.15, 0.2) is 60.7 Å². The lowest BCUT2D eigenvalue weighted by molar-refractivity contribution is 0.0936. The highest BCUT2D eigenvalue weighted by Crippen LogP contribution is 2.32. The average Bonchev–Trinajstić information content (AvgIpc) is 3.37. The monoisotopic (exact) mass is 497 g/mol. The van der Waals surface area contributed by atoms with Crippen LogP contribution < -0.4 is 10.6 Å². The molecule has 3 aromatic carbocycles. The van der Waals surface area contributed by atoms with Crippen LogP contribution in [0.4, 0.5) is 14.5 Å². The minimum Gasteiger partial charge on any atom is -0.350 e. The Labute approximate surface area is 208 Å². The summed E-state index contributed by atoms with van der Waals surface area (Å²) in [6, 6.07) is 14.8. The Bertz CT molecular complexity index is 1220. The number of nitrogens with one attached hydrogen (secondary N) is 2. The molecular formula is C27H26ClF2N3O2. The van der Waals surface area contributed by atoms with Crippen molar-refractivity contribution in [2.75, 3.05) is 25.0 Å². The summed E-state index contributed by atoms with van der Waals surface area (Å²) >= 11 is 6.34. The van der Waals surface area contributed by atoms with E-state index in [9.17, 15) is 18.4 Å². The van der Waals surface area contributed by atoms with Gasteiger partial charge in [0.05, 0.1) is 11.6 Å². The van der Waals surface area contributed by atoms with Crippen LogP contribution in [0, 0.1) is 18.6 Å². The van der Waals surface area contributed by atoms with Crippen LogP contribution in [0.25, 0.3) is 0 Å². The van der Waals surface area contributed by atoms with E-state index in [0.29, 0.717) is 21.8 Å². The quantitative estimate of drug-likeness (QED) is 0.437. The van der Waals surface area contributed by atoms with Gasteiger partial charge in [0.15, 0.2) is 0 Å². The van der Waals surface area contributed by atoms with E-state index in [0.717, 1.165) is 31.5 Å². The molecule has 1 saturated heterocycles. The third-order valence-corrected chi connectivity index (χ3v) is 6.57. The number of halogens is 3. The molecule has 1 fully saturated rings. The smallest absolute Gasteiger partial charge is 0.258 e. The number of amides is 2. The van der Waals surface area contributed by atoms with Crippen molar-refractivity contribution in [1.29, 1.82) is 0 Å². The molecule has 4 rings (SSSR count). The van der Waals surface area contributed by atoms with Crippen LogP contribution in [0.5, 0.6) is 0 Å². The van der Waals surface area contributed by atoms with Crippen molar-refractivity contribution in [1.82, 2.24) is 10.2 Å². The molecule has 2 N–H and O–H groups in total. The molecule has 0 bridgehead atoms. The van der Waals surface area contributed by atoms with Gasteiger partial charge in [-0.25, -0.2) is 8.78 Å². The third kappa shape index (κ3) is 5.69. The van der Waals surface area contributed by atoms with Crippen molar-refractivity contribution in [3.8, 4) is 0 Å². The fourth-order valence-electron chi connectivity index (χ4n) is 4.32. The normalized spacial score (nSPS) is 14.5. The van der Waals surface area contributed by atoms with Crippen molar-refractivity contribution in [2.45, 2.75) is 25.8 Å². The van der Waals surface area contributed by atoms with E-state index in [1.165, 1.54) is 24.3 Å². The molecular weight excluding hydrogens is 472 g/mol. The van der Waals surface area contributed by atoms with E-state index in [1.807, 2.05) is 0 Å². The van der Waals surface area contributed by atoms with Gasteiger partial charge in [-0.1, -0.05) is 35.9 Å². The van der Waals surface area contributed by atoms with Crippen molar-refractivity contribution < 1.29 is 18.4 Å². The van der Waals surface area contributed by atoms with Crippen LogP contribution in [0.2, 0.25) is 5.02 Å². The first kappa shape index (κ1) is 24.8. The number of carbonyl (C=O) groups is 2. The first-order valence-electron chi connectivity index (χ1n) is 11.5. The molecule has 2 amide bonds. The van der Waals surface area contributed by atoms with Crippen molar-refractivity contribution >= 4 is 29.1 Å². The lowest BCUT2D eigenvalue weighted by Crippen LogP contribution is -2.37. The molecule has 3 aromatic rings. The highest BCUT2D eigenvalue weighted by atomic mass is 35.5. The second-order valence-electron chi connectivity index (χ2n) is 8.57. The van der Waals surface area contributed by atoms with Gasteiger partial charge in [-0.2, -0.15) is 0 Å². The summed E-state index contributed by atoms with van der Waals surface area (Å²) in [5, 5.41) is 5.89. The first-order valence-corrected chi connectivity index (χ1v) is 11.9. The standard InChI is InChI=1S/C27H26ClF2N3O2/c1-17-11-12-18(15-23(17)32-27(35)19-7-2-3-9-21(19)29)26(34)31-16-24(33-13-4-5-14-33)25-20(28)8-6-10-22(25)30/h2-3,6-12,15,24H,4-5,13-14,16H2,1H3,(H,31,34)(H,32,35). The highest BCUT2D eigenvalue weighted by Gasteiger charge is 2.28. The maximum absolute atomic E-state index is 14.7. The summed E-state index contributed by atoms with van der Waals surface area (Å²) < 4.78 is 28.7. The Kier molecular flexibility index (Phi) is 7.78. The van der Waals surface area contributed by atoms with Gasteiger partial charge in [0.2, 0.25) is 0 Å². The Hall–Kier alpha value is -3.29. The van der Waals surface area contributed by atoms with Gasteiger partial charge in [0, 0.05) is 28.4 Å². The van der Waals surface area contributed by atoms with E-state index in [2.05, 4.69) is 15.5 Å². The summed E-state index contributed by atoms with van der Waals surface area (Å²) in [7, 11) is 0. The molecule has 1 heterocycles. The van der Waals surface area contributed by atoms with Gasteiger partial charge in [0.1, 0.15) is 11.6 Å². The number of benzene rings is 3. The minimum absolute atomic E-state index is 0.0861. The predicted octanol–water partition coefficient (Wildman–Crippen LogP) is 5.75. The van der Waals surface area contributed by atoms with E-state index >= 15 is 0 Å². The van der Waals surface area contributed by atoms with Gasteiger partial charge in [-0.15, -0.1) is 0 Å². The fourth-order valence-corrected chi connectivity index (χ4v) is 4.61. The van der Waals surface area contributed by atoms with E-state index in [1.54, 1.807) is 43.3 Å². The number of carbonyl (C=O) groups excluding carboxylic acids is 2. The summed E-state index contributed by atoms with van der Waals surface area (Å²) in [4.78, 5) is 27.7. The number of aryl methyl sites for hydroxylation is 1. The zero-order chi connectivity index (χ0) is 24.9. The van der Waals surface area contributed by atoms with Crippen LogP contribution in [0.3, 0.4) is 0 Å². The molecule has 1 atom stereocenters. The molecule has 5 nitrogen and oxygen atoms in total. The van der Waals surface area contributed by atoms with E-state index in [-0.39, 0.29) is 18.0 Å². The van der Waals surface area contributed by atoms with Gasteiger partial charge < -0.3 is 10.6 Å². The molecule has 0 radical (unpaired) electrons. The van der Waals surface area contributed by atoms with Crippen LogP contribution >= 0.6 is 11.6 Å². The Morgan fingerprint density at radius 3 is 2.40 bits per heavy atom. The van der Waals surface area contributed by atoms with Gasteiger partial charge >= 0.3 is 0 Å². The van der Waals surface area contributed by atoms with Crippen molar-refractivity contribution in [3.05, 3.63) is 99.6 Å². The van der Waals surface area contributed by atoms with Gasteiger partial charge in [0.25, 0.3) is 11.8 Å². The number of hydrogen-bond acceptors (Lipinski definition) is 3. The average molecular weight is 498 g/mol. The molecule has 0 aromatic heterocycles. The second kappa shape index (κ2) is 11.0. The van der Waals surface area contributed by atoms with Crippen molar-refractivity contribution in [2.24, 2.45) is 0 Å². The van der Waals surface area contributed by atoms with Crippen molar-refractivity contribution in [3.63, 3.8) is 0 Å². The van der Waals surface area contributed by atoms with Crippen LogP contribution in [-0.2, 0) is 0 Å². The highest BCUT2D eigenvalue weighted by molar-refractivity contribution is 6.31. The van der Waals surface area contributed by atoms with E-state index < -0.39 is 23.6 Å². The van der Waals surface area contributed by atoms with Gasteiger partial charge in [-0.3, -0.25) is 14.5 Å². The van der Waals surface area contributed by atoms with Crippen LogP contribution in [-0.4, -0.2) is 36.3 Å². The van der Waals surface area contributed by atoms with Gasteiger partial charge in [-0.05, 0) is 74.8 Å². The Morgan fingerprint density at radius 1 is 0.971 bits per heavy atom. The van der Waals surface area contributed by atoms with Crippen LogP contribution in [0.1, 0.15) is 50.7 Å². The molecule has 182 valence electrons. The molecule has 1 unspecified atom stereocenters. The molecule has 1 aliphatic rings. The molecule has 8 heteroatoms. The number of rotatable bonds is 7. The maximum atomic E-state index is 14.7. The first-order chi connectivity index (χ1) is 16.8. The maximum Gasteiger partial charge on any atom is 0.258 e. The fraction of sp³-hybridized carbons (Fsp3) is 0.259. The number of hydrogen-bond donors (Lipinski definition) is 2. The number of likely N-dealkylation sites (tertiary alicyclic amines) is 1. The predicted molar refractivity (Wildman–Crippen MR) is 133 cm³/mol. The van der Waals surface area contributed by atoms with E-state index in [4.69, 9.17) is 11.6 Å². The summed E-state index contributed by atoms with van der Waals surface area (Å²) in [6.45, 7) is 3.54. The SMILES string of the molecule is Cc1ccc(C(=O)NCC(c2c(F)cccc2Cl)N2CCCC2)cc1NC(=O)c1ccccc1F.